The Balaban J connectivity index is 1.35. The number of carbonyl (C=O) groups is 1. The number of anilines is 1. The topological polar surface area (TPSA) is 41.6 Å². The van der Waals surface area contributed by atoms with E-state index in [1.54, 1.807) is 0 Å². The highest BCUT2D eigenvalue weighted by Crippen LogP contribution is 2.40. The highest BCUT2D eigenvalue weighted by Gasteiger charge is 2.41. The maximum atomic E-state index is 13.5. The molecule has 172 valence electrons. The number of likely N-dealkylation sites (tertiary alicyclic amines) is 1. The lowest BCUT2D eigenvalue weighted by Crippen LogP contribution is -2.42. The maximum absolute atomic E-state index is 13.5. The number of benzene rings is 2. The van der Waals surface area contributed by atoms with Gasteiger partial charge in [0.05, 0.1) is 5.41 Å². The van der Waals surface area contributed by atoms with Gasteiger partial charge in [0.1, 0.15) is 12.4 Å². The van der Waals surface area contributed by atoms with Crippen LogP contribution in [0.1, 0.15) is 63.0 Å². The Morgan fingerprint density at radius 3 is 2.47 bits per heavy atom. The summed E-state index contributed by atoms with van der Waals surface area (Å²) in [5.74, 6) is 1.84. The van der Waals surface area contributed by atoms with Crippen LogP contribution in [0.5, 0.6) is 5.75 Å². The molecule has 0 atom stereocenters. The van der Waals surface area contributed by atoms with Gasteiger partial charge in [0, 0.05) is 12.2 Å². The van der Waals surface area contributed by atoms with Crippen LogP contribution in [0.25, 0.3) is 0 Å². The molecule has 32 heavy (non-hydrogen) atoms. The third-order valence-corrected chi connectivity index (χ3v) is 7.38. The second-order valence-corrected chi connectivity index (χ2v) is 9.86. The van der Waals surface area contributed by atoms with E-state index in [-0.39, 0.29) is 5.91 Å². The number of hydrogen-bond donors (Lipinski definition) is 1. The fourth-order valence-electron chi connectivity index (χ4n) is 5.21. The van der Waals surface area contributed by atoms with Gasteiger partial charge in [0.25, 0.3) is 0 Å². The summed E-state index contributed by atoms with van der Waals surface area (Å²) in [6.45, 7) is 8.48. The molecule has 1 amide bonds. The summed E-state index contributed by atoms with van der Waals surface area (Å²) in [5.41, 5.74) is 2.78. The van der Waals surface area contributed by atoms with Crippen molar-refractivity contribution in [3.8, 4) is 5.75 Å². The molecule has 1 saturated carbocycles. The monoisotopic (exact) mass is 434 g/mol. The van der Waals surface area contributed by atoms with Crippen molar-refractivity contribution in [2.45, 2.75) is 64.2 Å². The lowest BCUT2D eigenvalue weighted by atomic mass is 9.68. The molecule has 1 aliphatic carbocycles. The SMILES string of the molecule is Cc1cccc(C2(C(=O)Nc3ccc(OCCN4CCC(C)CC4)cc3)CCCCC2)c1. The summed E-state index contributed by atoms with van der Waals surface area (Å²) in [4.78, 5) is 16.0. The largest absolute Gasteiger partial charge is 0.492 e. The number of nitrogens with zero attached hydrogens (tertiary/aromatic N) is 1. The zero-order valence-corrected chi connectivity index (χ0v) is 19.7. The van der Waals surface area contributed by atoms with Crippen molar-refractivity contribution < 1.29 is 9.53 Å². The van der Waals surface area contributed by atoms with Crippen molar-refractivity contribution in [3.05, 3.63) is 59.7 Å². The minimum Gasteiger partial charge on any atom is -0.492 e. The lowest BCUT2D eigenvalue weighted by Gasteiger charge is -2.36. The summed E-state index contributed by atoms with van der Waals surface area (Å²) in [7, 11) is 0. The first kappa shape index (κ1) is 22.8. The number of hydrogen-bond acceptors (Lipinski definition) is 3. The van der Waals surface area contributed by atoms with E-state index in [0.29, 0.717) is 6.61 Å². The molecule has 2 aromatic carbocycles. The van der Waals surface area contributed by atoms with E-state index < -0.39 is 5.41 Å². The maximum Gasteiger partial charge on any atom is 0.235 e. The number of nitrogens with one attached hydrogen (secondary N) is 1. The molecule has 0 radical (unpaired) electrons. The van der Waals surface area contributed by atoms with Crippen LogP contribution in [0.4, 0.5) is 5.69 Å². The summed E-state index contributed by atoms with van der Waals surface area (Å²) >= 11 is 0. The molecule has 0 aromatic heterocycles. The van der Waals surface area contributed by atoms with Crippen LogP contribution in [-0.2, 0) is 10.2 Å². The zero-order chi connectivity index (χ0) is 22.4. The smallest absolute Gasteiger partial charge is 0.235 e. The predicted molar refractivity (Wildman–Crippen MR) is 131 cm³/mol. The fourth-order valence-corrected chi connectivity index (χ4v) is 5.21. The van der Waals surface area contributed by atoms with Crippen LogP contribution in [0, 0.1) is 12.8 Å². The van der Waals surface area contributed by atoms with E-state index in [4.69, 9.17) is 4.74 Å². The Morgan fingerprint density at radius 1 is 1.06 bits per heavy atom. The van der Waals surface area contributed by atoms with Crippen LogP contribution < -0.4 is 10.1 Å². The van der Waals surface area contributed by atoms with E-state index in [0.717, 1.165) is 55.1 Å². The van der Waals surface area contributed by atoms with Crippen LogP contribution in [0.3, 0.4) is 0 Å². The Labute approximate surface area is 193 Å². The molecule has 2 aromatic rings. The normalized spacial score (nSPS) is 19.4. The molecule has 2 fully saturated rings. The number of ether oxygens (including phenoxy) is 1. The first-order chi connectivity index (χ1) is 15.5. The fraction of sp³-hybridized carbons (Fsp3) is 0.536. The number of aryl methyl sites for hydroxylation is 1. The molecule has 2 aliphatic rings. The molecule has 0 unspecified atom stereocenters. The van der Waals surface area contributed by atoms with Crippen LogP contribution in [-0.4, -0.2) is 37.0 Å². The second kappa shape index (κ2) is 10.5. The molecular weight excluding hydrogens is 396 g/mol. The van der Waals surface area contributed by atoms with Crippen LogP contribution in [0.2, 0.25) is 0 Å². The van der Waals surface area contributed by atoms with Crippen LogP contribution >= 0.6 is 0 Å². The van der Waals surface area contributed by atoms with Gasteiger partial charge in [0.15, 0.2) is 0 Å². The molecule has 1 aliphatic heterocycles. The van der Waals surface area contributed by atoms with Crippen molar-refractivity contribution in [1.29, 1.82) is 0 Å². The summed E-state index contributed by atoms with van der Waals surface area (Å²) < 4.78 is 5.96. The van der Waals surface area contributed by atoms with Gasteiger partial charge in [-0.05, 0) is 81.4 Å². The van der Waals surface area contributed by atoms with Gasteiger partial charge in [-0.25, -0.2) is 0 Å². The van der Waals surface area contributed by atoms with Gasteiger partial charge < -0.3 is 10.1 Å². The molecule has 4 nitrogen and oxygen atoms in total. The van der Waals surface area contributed by atoms with E-state index in [1.165, 1.54) is 37.9 Å². The first-order valence-electron chi connectivity index (χ1n) is 12.4. The highest BCUT2D eigenvalue weighted by atomic mass is 16.5. The Kier molecular flexibility index (Phi) is 7.51. The number of amides is 1. The minimum absolute atomic E-state index is 0.121. The van der Waals surface area contributed by atoms with Gasteiger partial charge in [-0.15, -0.1) is 0 Å². The molecular formula is C28H38N2O2. The molecule has 0 bridgehead atoms. The van der Waals surface area contributed by atoms with Crippen molar-refractivity contribution in [1.82, 2.24) is 4.90 Å². The average Bonchev–Trinajstić information content (AvgIpc) is 2.82. The quantitative estimate of drug-likeness (QED) is 0.586. The van der Waals surface area contributed by atoms with Gasteiger partial charge in [-0.2, -0.15) is 0 Å². The number of carbonyl (C=O) groups excluding carboxylic acids is 1. The minimum atomic E-state index is -0.425. The third kappa shape index (κ3) is 5.53. The second-order valence-electron chi connectivity index (χ2n) is 9.86. The Bertz CT molecular complexity index is 879. The summed E-state index contributed by atoms with van der Waals surface area (Å²) in [5, 5.41) is 3.21. The third-order valence-electron chi connectivity index (χ3n) is 7.38. The number of rotatable bonds is 7. The van der Waals surface area contributed by atoms with E-state index in [1.807, 2.05) is 24.3 Å². The first-order valence-corrected chi connectivity index (χ1v) is 12.4. The summed E-state index contributed by atoms with van der Waals surface area (Å²) in [6, 6.07) is 16.3. The van der Waals surface area contributed by atoms with Crippen molar-refractivity contribution >= 4 is 11.6 Å². The molecule has 1 N–H and O–H groups in total. The lowest BCUT2D eigenvalue weighted by molar-refractivity contribution is -0.122. The van der Waals surface area contributed by atoms with Gasteiger partial charge in [-0.3, -0.25) is 9.69 Å². The molecule has 1 heterocycles. The Hall–Kier alpha value is -2.33. The highest BCUT2D eigenvalue weighted by molar-refractivity contribution is 5.99. The van der Waals surface area contributed by atoms with Gasteiger partial charge in [0.2, 0.25) is 5.91 Å². The van der Waals surface area contributed by atoms with Gasteiger partial charge >= 0.3 is 0 Å². The standard InChI is InChI=1S/C28H38N2O2/c1-22-13-17-30(18-14-22)19-20-32-26-11-9-25(10-12-26)29-27(31)28(15-4-3-5-16-28)24-8-6-7-23(2)21-24/h6-12,21-22H,3-5,13-20H2,1-2H3,(H,29,31). The zero-order valence-electron chi connectivity index (χ0n) is 19.7. The molecule has 4 heteroatoms. The van der Waals surface area contributed by atoms with E-state index >= 15 is 0 Å². The number of piperidine rings is 1. The molecule has 4 rings (SSSR count). The average molecular weight is 435 g/mol. The van der Waals surface area contributed by atoms with Crippen molar-refractivity contribution in [2.75, 3.05) is 31.6 Å². The van der Waals surface area contributed by atoms with Crippen molar-refractivity contribution in [3.63, 3.8) is 0 Å². The molecule has 0 spiro atoms. The Morgan fingerprint density at radius 2 is 1.78 bits per heavy atom. The van der Waals surface area contributed by atoms with Gasteiger partial charge in [-0.1, -0.05) is 56.0 Å². The van der Waals surface area contributed by atoms with E-state index in [2.05, 4.69) is 48.3 Å². The summed E-state index contributed by atoms with van der Waals surface area (Å²) in [6.07, 6.45) is 7.83. The van der Waals surface area contributed by atoms with E-state index in [9.17, 15) is 4.79 Å². The van der Waals surface area contributed by atoms with Crippen LogP contribution in [0.15, 0.2) is 48.5 Å². The molecule has 1 saturated heterocycles. The predicted octanol–water partition coefficient (Wildman–Crippen LogP) is 5.95. The van der Waals surface area contributed by atoms with Crippen molar-refractivity contribution in [2.24, 2.45) is 5.92 Å².